The number of fused-ring (bicyclic) bond motifs is 2. The van der Waals surface area contributed by atoms with Crippen LogP contribution in [0.3, 0.4) is 0 Å². The second kappa shape index (κ2) is 13.6. The number of aliphatic hydroxyl groups is 2. The molecule has 0 saturated heterocycles. The number of nitrogens with one attached hydrogen (secondary N) is 1. The Morgan fingerprint density at radius 3 is 2.90 bits per heavy atom. The number of nitrogens with two attached hydrogens (primary N) is 1. The molecular weight excluding hydrogens is 532 g/mol. The molecule has 3 aliphatic rings. The molecule has 6 N–H and O–H groups in total. The van der Waals surface area contributed by atoms with Crippen molar-refractivity contribution in [3.8, 4) is 11.5 Å². The van der Waals surface area contributed by atoms with Gasteiger partial charge in [-0.15, -0.1) is 0 Å². The van der Waals surface area contributed by atoms with E-state index in [2.05, 4.69) is 28.3 Å². The fourth-order valence-corrected chi connectivity index (χ4v) is 5.90. The third kappa shape index (κ3) is 7.22. The molecule has 9 heteroatoms. The Labute approximate surface area is 246 Å². The predicted octanol–water partition coefficient (Wildman–Crippen LogP) is 2.48. The number of aliphatic hydroxyl groups excluding tert-OH is 2. The number of ketones is 1. The van der Waals surface area contributed by atoms with E-state index in [9.17, 15) is 20.1 Å². The lowest BCUT2D eigenvalue weighted by Gasteiger charge is -2.20. The normalized spacial score (nSPS) is 20.3. The predicted molar refractivity (Wildman–Crippen MR) is 162 cm³/mol. The van der Waals surface area contributed by atoms with E-state index in [0.29, 0.717) is 25.3 Å². The van der Waals surface area contributed by atoms with Crippen LogP contribution in [0.5, 0.6) is 11.5 Å². The van der Waals surface area contributed by atoms with Crippen LogP contribution in [0.2, 0.25) is 0 Å². The topological polar surface area (TPSA) is 142 Å². The van der Waals surface area contributed by atoms with E-state index in [-0.39, 0.29) is 37.0 Å². The van der Waals surface area contributed by atoms with Gasteiger partial charge in [-0.25, -0.2) is 0 Å². The van der Waals surface area contributed by atoms with Crippen molar-refractivity contribution in [1.82, 2.24) is 0 Å². The average molecular weight is 574 g/mol. The molecular formula is C33H41N4O5+. The van der Waals surface area contributed by atoms with Crippen LogP contribution in [0, 0.1) is 0 Å². The lowest BCUT2D eigenvalue weighted by Crippen LogP contribution is -3.07. The van der Waals surface area contributed by atoms with Crippen molar-refractivity contribution in [1.29, 1.82) is 0 Å². The monoisotopic (exact) mass is 573 g/mol. The first-order chi connectivity index (χ1) is 20.3. The van der Waals surface area contributed by atoms with Gasteiger partial charge in [0.25, 0.3) is 0 Å². The highest BCUT2D eigenvalue weighted by atomic mass is 16.5. The van der Waals surface area contributed by atoms with Crippen molar-refractivity contribution in [2.24, 2.45) is 15.7 Å². The van der Waals surface area contributed by atoms with Crippen molar-refractivity contribution in [2.45, 2.75) is 76.7 Å². The van der Waals surface area contributed by atoms with Gasteiger partial charge in [0.1, 0.15) is 30.4 Å². The zero-order valence-corrected chi connectivity index (χ0v) is 24.1. The fraction of sp³-hybridized carbons (Fsp3) is 0.424. The van der Waals surface area contributed by atoms with Crippen LogP contribution in [-0.4, -0.2) is 59.0 Å². The van der Waals surface area contributed by atoms with Crippen LogP contribution in [-0.2, 0) is 24.1 Å². The standard InChI is InChI=1S/C33H40N4O5/c1-2-4-24(38)15-26(40)16-25(39)9-7-21-8-10-31(41)32(13-21)42-20-37-18-29-23(17-36-30(29)19-37)14-22-5-3-6-28-27(22)11-12-35-33(28)34/h3,5-6,8,10,12-13,17,19,24,26,33,38,40-41H,2,4,7,9,11,14-16,18,20,34H2,1H3/p+1. The van der Waals surface area contributed by atoms with E-state index in [1.807, 2.05) is 25.4 Å². The molecule has 3 heterocycles. The molecule has 0 aliphatic carbocycles. The van der Waals surface area contributed by atoms with Crippen LogP contribution in [0.25, 0.3) is 0 Å². The van der Waals surface area contributed by atoms with Gasteiger partial charge in [-0.3, -0.25) is 19.7 Å². The zero-order chi connectivity index (χ0) is 29.6. The van der Waals surface area contributed by atoms with Gasteiger partial charge in [-0.1, -0.05) is 37.6 Å². The molecule has 4 unspecified atom stereocenters. The summed E-state index contributed by atoms with van der Waals surface area (Å²) in [5, 5.41) is 30.4. The molecule has 5 rings (SSSR count). The molecule has 222 valence electrons. The Morgan fingerprint density at radius 2 is 2.07 bits per heavy atom. The molecule has 2 aromatic carbocycles. The highest BCUT2D eigenvalue weighted by Crippen LogP contribution is 2.30. The molecule has 2 aromatic rings. The molecule has 42 heavy (non-hydrogen) atoms. The number of aromatic hydroxyl groups is 1. The van der Waals surface area contributed by atoms with Crippen molar-refractivity contribution in [2.75, 3.05) is 13.3 Å². The van der Waals surface area contributed by atoms with Crippen LogP contribution in [0.4, 0.5) is 0 Å². The average Bonchev–Trinajstić information content (AvgIpc) is 3.53. The number of aryl methyl sites for hydroxylation is 1. The maximum atomic E-state index is 12.4. The fourth-order valence-electron chi connectivity index (χ4n) is 5.90. The van der Waals surface area contributed by atoms with Gasteiger partial charge >= 0.3 is 0 Å². The molecule has 0 radical (unpaired) electrons. The quantitative estimate of drug-likeness (QED) is 0.235. The molecule has 3 aliphatic heterocycles. The number of hydrogen-bond acceptors (Lipinski definition) is 8. The number of quaternary nitrogens is 1. The van der Waals surface area contributed by atoms with Crippen molar-refractivity contribution in [3.05, 3.63) is 81.7 Å². The minimum absolute atomic E-state index is 0.0318. The number of aliphatic imine (C=N–C) groups is 2. The van der Waals surface area contributed by atoms with Crippen LogP contribution < -0.4 is 15.4 Å². The largest absolute Gasteiger partial charge is 0.504 e. The number of phenolic OH excluding ortho intramolecular Hbond substituents is 1. The van der Waals surface area contributed by atoms with Crippen molar-refractivity contribution in [3.63, 3.8) is 0 Å². The molecule has 0 spiro atoms. The lowest BCUT2D eigenvalue weighted by atomic mass is 9.91. The minimum atomic E-state index is -0.833. The summed E-state index contributed by atoms with van der Waals surface area (Å²) in [5.41, 5.74) is 14.0. The number of carbonyl (C=O) groups is 1. The Morgan fingerprint density at radius 1 is 1.21 bits per heavy atom. The van der Waals surface area contributed by atoms with E-state index in [4.69, 9.17) is 10.5 Å². The molecule has 9 nitrogen and oxygen atoms in total. The molecule has 4 atom stereocenters. The molecule has 0 aromatic heterocycles. The maximum absolute atomic E-state index is 12.4. The summed E-state index contributed by atoms with van der Waals surface area (Å²) in [5.74, 6) is 0.362. The van der Waals surface area contributed by atoms with Gasteiger partial charge in [0.15, 0.2) is 11.5 Å². The van der Waals surface area contributed by atoms with Crippen molar-refractivity contribution < 1.29 is 29.8 Å². The first-order valence-electron chi connectivity index (χ1n) is 14.8. The molecule has 0 bridgehead atoms. The summed E-state index contributed by atoms with van der Waals surface area (Å²) in [6.45, 7) is 3.04. The summed E-state index contributed by atoms with van der Waals surface area (Å²) in [7, 11) is 0. The summed E-state index contributed by atoms with van der Waals surface area (Å²) in [6.07, 6.45) is 8.21. The number of Topliss-reactive ketones (excluding diaryl/α,β-unsaturated/α-hetero) is 1. The second-order valence-corrected chi connectivity index (χ2v) is 11.4. The van der Waals surface area contributed by atoms with E-state index >= 15 is 0 Å². The number of benzene rings is 2. The second-order valence-electron chi connectivity index (χ2n) is 11.4. The lowest BCUT2D eigenvalue weighted by molar-refractivity contribution is -0.855. The summed E-state index contributed by atoms with van der Waals surface area (Å²) < 4.78 is 6.02. The number of hydrogen-bond donors (Lipinski definition) is 5. The highest BCUT2D eigenvalue weighted by Gasteiger charge is 2.30. The van der Waals surface area contributed by atoms with Gasteiger partial charge in [0.05, 0.1) is 12.2 Å². The smallest absolute Gasteiger partial charge is 0.227 e. The zero-order valence-electron chi connectivity index (χ0n) is 24.1. The third-order valence-electron chi connectivity index (χ3n) is 8.13. The molecule has 0 saturated carbocycles. The van der Waals surface area contributed by atoms with Gasteiger partial charge in [-0.05, 0) is 65.6 Å². The van der Waals surface area contributed by atoms with E-state index < -0.39 is 12.2 Å². The summed E-state index contributed by atoms with van der Waals surface area (Å²) >= 11 is 0. The number of carbonyl (C=O) groups excluding carboxylic acids is 1. The SMILES string of the molecule is CCCC(O)CC(O)CC(=O)CCc1ccc(O)c(OC[NH+]2C=C3N=CC(Cc4cccc5c4CC=NC5N)=C3C2)c1. The minimum Gasteiger partial charge on any atom is -0.504 e. The van der Waals surface area contributed by atoms with Crippen LogP contribution >= 0.6 is 0 Å². The van der Waals surface area contributed by atoms with E-state index in [0.717, 1.165) is 47.5 Å². The van der Waals surface area contributed by atoms with E-state index in [1.165, 1.54) is 22.3 Å². The van der Waals surface area contributed by atoms with E-state index in [1.54, 1.807) is 18.2 Å². The Bertz CT molecular complexity index is 1430. The number of nitrogens with zero attached hydrogens (tertiary/aromatic N) is 2. The number of rotatable bonds is 14. The highest BCUT2D eigenvalue weighted by molar-refractivity contribution is 5.87. The maximum Gasteiger partial charge on any atom is 0.227 e. The van der Waals surface area contributed by atoms with Gasteiger partial charge in [0, 0.05) is 37.3 Å². The van der Waals surface area contributed by atoms with Gasteiger partial charge in [-0.2, -0.15) is 0 Å². The number of allylic oxidation sites excluding steroid dienone is 1. The van der Waals surface area contributed by atoms with Crippen LogP contribution in [0.15, 0.2) is 69.4 Å². The van der Waals surface area contributed by atoms with Gasteiger partial charge < -0.3 is 25.8 Å². The summed E-state index contributed by atoms with van der Waals surface area (Å²) in [6, 6.07) is 11.4. The number of ether oxygens (including phenoxy) is 1. The van der Waals surface area contributed by atoms with Crippen LogP contribution in [0.1, 0.15) is 67.4 Å². The number of phenols is 1. The Hall–Kier alpha value is -3.63. The first-order valence-corrected chi connectivity index (χ1v) is 14.8. The Kier molecular flexibility index (Phi) is 9.64. The Balaban J connectivity index is 1.14. The molecule has 0 amide bonds. The van der Waals surface area contributed by atoms with Gasteiger partial charge in [0.2, 0.25) is 6.73 Å². The third-order valence-corrected chi connectivity index (χ3v) is 8.13. The molecule has 0 fully saturated rings. The first kappa shape index (κ1) is 29.8. The summed E-state index contributed by atoms with van der Waals surface area (Å²) in [4.78, 5) is 22.5. The van der Waals surface area contributed by atoms with Crippen molar-refractivity contribution >= 4 is 18.2 Å².